The molecule has 0 fully saturated rings. The summed E-state index contributed by atoms with van der Waals surface area (Å²) in [6, 6.07) is 0. The van der Waals surface area contributed by atoms with E-state index in [2.05, 4.69) is 10.1 Å². The Morgan fingerprint density at radius 1 is 1.50 bits per heavy atom. The second-order valence-corrected chi connectivity index (χ2v) is 3.90. The van der Waals surface area contributed by atoms with Crippen LogP contribution in [0.3, 0.4) is 0 Å². The Kier molecular flexibility index (Phi) is 5.42. The average molecular weight is 228 g/mol. The molecule has 0 saturated carbocycles. The Labute approximate surface area is 95.8 Å². The first-order chi connectivity index (χ1) is 7.69. The second kappa shape index (κ2) is 6.60. The van der Waals surface area contributed by atoms with Crippen molar-refractivity contribution in [2.24, 2.45) is 0 Å². The fourth-order valence-electron chi connectivity index (χ4n) is 1.62. The van der Waals surface area contributed by atoms with Crippen molar-refractivity contribution in [3.05, 3.63) is 11.7 Å². The highest BCUT2D eigenvalue weighted by Gasteiger charge is 2.21. The number of hydrogen-bond acceptors (Lipinski definition) is 5. The summed E-state index contributed by atoms with van der Waals surface area (Å²) in [7, 11) is 1.67. The van der Waals surface area contributed by atoms with Crippen molar-refractivity contribution in [2.75, 3.05) is 13.7 Å². The third kappa shape index (κ3) is 3.57. The van der Waals surface area contributed by atoms with Crippen LogP contribution >= 0.6 is 0 Å². The molecular formula is C11H20N2O3. The van der Waals surface area contributed by atoms with Gasteiger partial charge in [0.15, 0.2) is 5.82 Å². The van der Waals surface area contributed by atoms with Crippen LogP contribution in [0, 0.1) is 0 Å². The van der Waals surface area contributed by atoms with Crippen LogP contribution in [0.1, 0.15) is 44.3 Å². The first-order valence-corrected chi connectivity index (χ1v) is 5.68. The number of hydrogen-bond donors (Lipinski definition) is 1. The molecule has 1 aromatic heterocycles. The third-order valence-corrected chi connectivity index (χ3v) is 2.57. The normalized spacial score (nSPS) is 15.0. The molecule has 0 aliphatic heterocycles. The van der Waals surface area contributed by atoms with E-state index in [1.165, 1.54) is 0 Å². The van der Waals surface area contributed by atoms with Crippen LogP contribution in [0.5, 0.6) is 0 Å². The van der Waals surface area contributed by atoms with Gasteiger partial charge in [-0.1, -0.05) is 12.1 Å². The van der Waals surface area contributed by atoms with E-state index in [4.69, 9.17) is 9.26 Å². The van der Waals surface area contributed by atoms with Gasteiger partial charge >= 0.3 is 0 Å². The largest absolute Gasteiger partial charge is 0.393 e. The zero-order chi connectivity index (χ0) is 12.0. The number of methoxy groups -OCH3 is 1. The van der Waals surface area contributed by atoms with Crippen LogP contribution in [-0.2, 0) is 11.2 Å². The standard InChI is InChI=1S/C11H20N2O3/c1-4-9(8(2)14)11-12-10(13-16-11)6-5-7-15-3/h8-9,14H,4-7H2,1-3H3. The highest BCUT2D eigenvalue weighted by molar-refractivity contribution is 4.96. The number of aliphatic hydroxyl groups is 1. The maximum atomic E-state index is 9.54. The summed E-state index contributed by atoms with van der Waals surface area (Å²) in [4.78, 5) is 4.28. The Balaban J connectivity index is 2.55. The van der Waals surface area contributed by atoms with E-state index in [-0.39, 0.29) is 5.92 Å². The molecule has 0 amide bonds. The molecule has 0 aromatic carbocycles. The summed E-state index contributed by atoms with van der Waals surface area (Å²) in [6.45, 7) is 4.42. The lowest BCUT2D eigenvalue weighted by Gasteiger charge is -2.12. The van der Waals surface area contributed by atoms with E-state index in [0.29, 0.717) is 18.3 Å². The van der Waals surface area contributed by atoms with Gasteiger partial charge in [0.2, 0.25) is 5.89 Å². The van der Waals surface area contributed by atoms with Crippen LogP contribution in [0.15, 0.2) is 4.52 Å². The summed E-state index contributed by atoms with van der Waals surface area (Å²) in [5.74, 6) is 1.15. The number of aromatic nitrogens is 2. The first kappa shape index (κ1) is 13.1. The molecule has 0 aliphatic rings. The van der Waals surface area contributed by atoms with E-state index in [0.717, 1.165) is 19.3 Å². The summed E-state index contributed by atoms with van der Waals surface area (Å²) >= 11 is 0. The van der Waals surface area contributed by atoms with Crippen molar-refractivity contribution in [1.82, 2.24) is 10.1 Å². The zero-order valence-corrected chi connectivity index (χ0v) is 10.1. The van der Waals surface area contributed by atoms with Gasteiger partial charge in [-0.15, -0.1) is 0 Å². The molecule has 5 nitrogen and oxygen atoms in total. The van der Waals surface area contributed by atoms with E-state index in [9.17, 15) is 5.11 Å². The summed E-state index contributed by atoms with van der Waals surface area (Å²) in [5, 5.41) is 13.4. The SMILES string of the molecule is CCC(c1nc(CCCOC)no1)C(C)O. The lowest BCUT2D eigenvalue weighted by Crippen LogP contribution is -2.14. The minimum absolute atomic E-state index is 0.0660. The van der Waals surface area contributed by atoms with Gasteiger partial charge in [0.05, 0.1) is 12.0 Å². The number of aryl methyl sites for hydroxylation is 1. The number of aliphatic hydroxyl groups excluding tert-OH is 1. The van der Waals surface area contributed by atoms with Gasteiger partial charge in [-0.25, -0.2) is 0 Å². The van der Waals surface area contributed by atoms with E-state index >= 15 is 0 Å². The molecule has 1 rings (SSSR count). The summed E-state index contributed by atoms with van der Waals surface area (Å²) in [6.07, 6.45) is 1.95. The van der Waals surface area contributed by atoms with Gasteiger partial charge in [0, 0.05) is 20.1 Å². The van der Waals surface area contributed by atoms with Gasteiger partial charge in [-0.3, -0.25) is 0 Å². The van der Waals surface area contributed by atoms with E-state index in [1.807, 2.05) is 6.92 Å². The monoisotopic (exact) mass is 228 g/mol. The maximum Gasteiger partial charge on any atom is 0.232 e. The molecule has 2 unspecified atom stereocenters. The van der Waals surface area contributed by atoms with Crippen molar-refractivity contribution in [3.63, 3.8) is 0 Å². The molecule has 0 saturated heterocycles. The molecule has 1 aromatic rings. The fourth-order valence-corrected chi connectivity index (χ4v) is 1.62. The topological polar surface area (TPSA) is 68.4 Å². The summed E-state index contributed by atoms with van der Waals surface area (Å²) in [5.41, 5.74) is 0. The first-order valence-electron chi connectivity index (χ1n) is 5.68. The third-order valence-electron chi connectivity index (χ3n) is 2.57. The highest BCUT2D eigenvalue weighted by Crippen LogP contribution is 2.21. The van der Waals surface area contributed by atoms with Crippen molar-refractivity contribution < 1.29 is 14.4 Å². The number of nitrogens with zero attached hydrogens (tertiary/aromatic N) is 2. The number of rotatable bonds is 7. The fraction of sp³-hybridized carbons (Fsp3) is 0.818. The molecule has 0 bridgehead atoms. The molecule has 0 aliphatic carbocycles. The minimum atomic E-state index is -0.461. The molecule has 1 heterocycles. The van der Waals surface area contributed by atoms with Crippen LogP contribution in [0.4, 0.5) is 0 Å². The predicted octanol–water partition coefficient (Wildman–Crippen LogP) is 1.52. The van der Waals surface area contributed by atoms with E-state index < -0.39 is 6.10 Å². The maximum absolute atomic E-state index is 9.54. The van der Waals surface area contributed by atoms with Crippen LogP contribution < -0.4 is 0 Å². The average Bonchev–Trinajstić information content (AvgIpc) is 2.67. The number of ether oxygens (including phenoxy) is 1. The van der Waals surface area contributed by atoms with Gasteiger partial charge < -0.3 is 14.4 Å². The predicted molar refractivity (Wildman–Crippen MR) is 59.2 cm³/mol. The van der Waals surface area contributed by atoms with Gasteiger partial charge in [0.25, 0.3) is 0 Å². The molecule has 1 N–H and O–H groups in total. The molecular weight excluding hydrogens is 208 g/mol. The molecule has 2 atom stereocenters. The highest BCUT2D eigenvalue weighted by atomic mass is 16.5. The van der Waals surface area contributed by atoms with Gasteiger partial charge in [-0.05, 0) is 19.8 Å². The molecule has 0 spiro atoms. The van der Waals surface area contributed by atoms with Crippen LogP contribution in [-0.4, -0.2) is 35.1 Å². The van der Waals surface area contributed by atoms with Gasteiger partial charge in [-0.2, -0.15) is 4.98 Å². The Morgan fingerprint density at radius 3 is 2.81 bits per heavy atom. The summed E-state index contributed by atoms with van der Waals surface area (Å²) < 4.78 is 10.1. The van der Waals surface area contributed by atoms with Crippen LogP contribution in [0.25, 0.3) is 0 Å². The van der Waals surface area contributed by atoms with Crippen molar-refractivity contribution in [3.8, 4) is 0 Å². The zero-order valence-electron chi connectivity index (χ0n) is 10.1. The Bertz CT molecular complexity index is 299. The lowest BCUT2D eigenvalue weighted by atomic mass is 10.0. The lowest BCUT2D eigenvalue weighted by molar-refractivity contribution is 0.141. The minimum Gasteiger partial charge on any atom is -0.393 e. The van der Waals surface area contributed by atoms with Crippen molar-refractivity contribution in [2.45, 2.75) is 45.1 Å². The Hall–Kier alpha value is -0.940. The van der Waals surface area contributed by atoms with Crippen molar-refractivity contribution in [1.29, 1.82) is 0 Å². The quantitative estimate of drug-likeness (QED) is 0.717. The second-order valence-electron chi connectivity index (χ2n) is 3.90. The van der Waals surface area contributed by atoms with Crippen molar-refractivity contribution >= 4 is 0 Å². The van der Waals surface area contributed by atoms with Crippen LogP contribution in [0.2, 0.25) is 0 Å². The Morgan fingerprint density at radius 2 is 2.25 bits per heavy atom. The molecule has 5 heteroatoms. The molecule has 0 radical (unpaired) electrons. The van der Waals surface area contributed by atoms with E-state index in [1.54, 1.807) is 14.0 Å². The smallest absolute Gasteiger partial charge is 0.232 e. The molecule has 16 heavy (non-hydrogen) atoms. The molecule has 92 valence electrons. The van der Waals surface area contributed by atoms with Gasteiger partial charge in [0.1, 0.15) is 0 Å².